The first-order chi connectivity index (χ1) is 14.1. The molecule has 0 spiro atoms. The second-order valence-electron chi connectivity index (χ2n) is 6.38. The lowest BCUT2D eigenvalue weighted by Crippen LogP contribution is -2.42. The third kappa shape index (κ3) is 3.86. The van der Waals surface area contributed by atoms with Crippen LogP contribution in [0.5, 0.6) is 11.5 Å². The van der Waals surface area contributed by atoms with Crippen molar-refractivity contribution in [3.63, 3.8) is 0 Å². The lowest BCUT2D eigenvalue weighted by atomic mass is 10.2. The van der Waals surface area contributed by atoms with Crippen molar-refractivity contribution in [2.24, 2.45) is 0 Å². The maximum Gasteiger partial charge on any atom is 0.339 e. The van der Waals surface area contributed by atoms with Crippen molar-refractivity contribution in [1.82, 2.24) is 0 Å². The van der Waals surface area contributed by atoms with Gasteiger partial charge in [0.15, 0.2) is 0 Å². The number of para-hydroxylation sites is 1. The van der Waals surface area contributed by atoms with Crippen molar-refractivity contribution in [3.05, 3.63) is 77.3 Å². The Balaban J connectivity index is 1.77. The predicted octanol–water partition coefficient (Wildman–Crippen LogP) is 6.01. The van der Waals surface area contributed by atoms with Crippen LogP contribution in [0.2, 0.25) is 5.02 Å². The van der Waals surface area contributed by atoms with Gasteiger partial charge in [-0.15, -0.1) is 0 Å². The van der Waals surface area contributed by atoms with Crippen molar-refractivity contribution in [1.29, 1.82) is 0 Å². The molecular weight excluding hydrogens is 408 g/mol. The van der Waals surface area contributed by atoms with E-state index in [0.29, 0.717) is 28.8 Å². The molecule has 1 aliphatic rings. The van der Waals surface area contributed by atoms with Crippen molar-refractivity contribution < 1.29 is 14.3 Å². The standard InChI is InChI=1S/C22H19ClN2O3S/c1-27-17-11-16(12-18(13-17)28-2)25-22(26)24(14-15-7-3-4-8-19(15)23)20-9-5-6-10-21(20)29-25/h3-13H,14H2,1-2H3. The van der Waals surface area contributed by atoms with Crippen LogP contribution in [0, 0.1) is 0 Å². The number of halogens is 1. The lowest BCUT2D eigenvalue weighted by molar-refractivity contribution is 0.254. The largest absolute Gasteiger partial charge is 0.497 e. The van der Waals surface area contributed by atoms with Crippen LogP contribution in [0.4, 0.5) is 16.2 Å². The summed E-state index contributed by atoms with van der Waals surface area (Å²) in [6.45, 7) is 0.369. The Morgan fingerprint density at radius 2 is 1.59 bits per heavy atom. The highest BCUT2D eigenvalue weighted by molar-refractivity contribution is 8.01. The van der Waals surface area contributed by atoms with E-state index in [9.17, 15) is 4.79 Å². The first kappa shape index (κ1) is 19.5. The number of amides is 2. The fourth-order valence-corrected chi connectivity index (χ4v) is 4.32. The van der Waals surface area contributed by atoms with Crippen LogP contribution in [0.25, 0.3) is 0 Å². The molecule has 2 amide bonds. The van der Waals surface area contributed by atoms with Gasteiger partial charge in [-0.3, -0.25) is 4.90 Å². The van der Waals surface area contributed by atoms with Gasteiger partial charge in [-0.25, -0.2) is 9.10 Å². The lowest BCUT2D eigenvalue weighted by Gasteiger charge is -2.36. The number of fused-ring (bicyclic) bond motifs is 1. The molecule has 1 aliphatic heterocycles. The molecular formula is C22H19ClN2O3S. The summed E-state index contributed by atoms with van der Waals surface area (Å²) in [7, 11) is 3.17. The predicted molar refractivity (Wildman–Crippen MR) is 117 cm³/mol. The highest BCUT2D eigenvalue weighted by Crippen LogP contribution is 2.43. The Hall–Kier alpha value is -2.83. The van der Waals surface area contributed by atoms with Crippen LogP contribution >= 0.6 is 23.5 Å². The number of carbonyl (C=O) groups is 1. The molecule has 148 valence electrons. The quantitative estimate of drug-likeness (QED) is 0.468. The van der Waals surface area contributed by atoms with Gasteiger partial charge in [-0.1, -0.05) is 41.9 Å². The van der Waals surface area contributed by atoms with E-state index in [1.54, 1.807) is 29.5 Å². The van der Waals surface area contributed by atoms with E-state index < -0.39 is 0 Å². The first-order valence-corrected chi connectivity index (χ1v) is 10.1. The maximum absolute atomic E-state index is 13.5. The van der Waals surface area contributed by atoms with Crippen LogP contribution in [0.15, 0.2) is 71.6 Å². The van der Waals surface area contributed by atoms with Crippen LogP contribution in [-0.2, 0) is 6.54 Å². The van der Waals surface area contributed by atoms with Crippen LogP contribution in [0.1, 0.15) is 5.56 Å². The number of benzene rings is 3. The van der Waals surface area contributed by atoms with E-state index in [4.69, 9.17) is 21.1 Å². The van der Waals surface area contributed by atoms with Gasteiger partial charge in [0.05, 0.1) is 37.0 Å². The summed E-state index contributed by atoms with van der Waals surface area (Å²) < 4.78 is 12.4. The van der Waals surface area contributed by atoms with Gasteiger partial charge < -0.3 is 9.47 Å². The molecule has 0 radical (unpaired) electrons. The average molecular weight is 427 g/mol. The number of nitrogens with zero attached hydrogens (tertiary/aromatic N) is 2. The van der Waals surface area contributed by atoms with Gasteiger partial charge in [0.2, 0.25) is 0 Å². The molecule has 0 N–H and O–H groups in total. The fraction of sp³-hybridized carbons (Fsp3) is 0.136. The van der Waals surface area contributed by atoms with Gasteiger partial charge in [0, 0.05) is 23.2 Å². The van der Waals surface area contributed by atoms with Crippen molar-refractivity contribution in [2.75, 3.05) is 23.4 Å². The number of hydrogen-bond acceptors (Lipinski definition) is 4. The summed E-state index contributed by atoms with van der Waals surface area (Å²) in [4.78, 5) is 16.2. The van der Waals surface area contributed by atoms with E-state index in [-0.39, 0.29) is 6.03 Å². The number of rotatable bonds is 5. The SMILES string of the molecule is COc1cc(OC)cc(N2Sc3ccccc3N(Cc3ccccc3Cl)C2=O)c1. The van der Waals surface area contributed by atoms with Gasteiger partial charge in [-0.2, -0.15) is 0 Å². The number of methoxy groups -OCH3 is 2. The number of ether oxygens (including phenoxy) is 2. The fourth-order valence-electron chi connectivity index (χ4n) is 3.13. The van der Waals surface area contributed by atoms with Crippen molar-refractivity contribution in [2.45, 2.75) is 11.4 Å². The Kier molecular flexibility index (Phi) is 5.56. The first-order valence-electron chi connectivity index (χ1n) is 8.96. The second kappa shape index (κ2) is 8.27. The highest BCUT2D eigenvalue weighted by Gasteiger charge is 2.33. The summed E-state index contributed by atoms with van der Waals surface area (Å²) in [5.74, 6) is 1.23. The van der Waals surface area contributed by atoms with Gasteiger partial charge in [-0.05, 0) is 35.7 Å². The Morgan fingerprint density at radius 3 is 2.28 bits per heavy atom. The Morgan fingerprint density at radius 1 is 0.931 bits per heavy atom. The monoisotopic (exact) mass is 426 g/mol. The third-order valence-electron chi connectivity index (χ3n) is 4.61. The number of hydrogen-bond donors (Lipinski definition) is 0. The highest BCUT2D eigenvalue weighted by atomic mass is 35.5. The molecule has 7 heteroatoms. The molecule has 0 atom stereocenters. The zero-order chi connectivity index (χ0) is 20.4. The van der Waals surface area contributed by atoms with E-state index in [1.165, 1.54) is 11.9 Å². The Labute approximate surface area is 178 Å². The molecule has 3 aromatic rings. The summed E-state index contributed by atoms with van der Waals surface area (Å²) >= 11 is 7.73. The molecule has 0 bridgehead atoms. The molecule has 0 fully saturated rings. The smallest absolute Gasteiger partial charge is 0.339 e. The molecule has 0 unspecified atom stereocenters. The van der Waals surface area contributed by atoms with Crippen molar-refractivity contribution >= 4 is 41.0 Å². The van der Waals surface area contributed by atoms with Crippen LogP contribution in [0.3, 0.4) is 0 Å². The van der Waals surface area contributed by atoms with Gasteiger partial charge in [0.25, 0.3) is 0 Å². The zero-order valence-electron chi connectivity index (χ0n) is 16.0. The summed E-state index contributed by atoms with van der Waals surface area (Å²) in [6.07, 6.45) is 0. The van der Waals surface area contributed by atoms with E-state index >= 15 is 0 Å². The maximum atomic E-state index is 13.5. The molecule has 1 heterocycles. The van der Waals surface area contributed by atoms with Crippen molar-refractivity contribution in [3.8, 4) is 11.5 Å². The summed E-state index contributed by atoms with van der Waals surface area (Å²) in [5.41, 5.74) is 2.41. The minimum Gasteiger partial charge on any atom is -0.497 e. The van der Waals surface area contributed by atoms with E-state index in [1.807, 2.05) is 60.7 Å². The number of anilines is 2. The van der Waals surface area contributed by atoms with Gasteiger partial charge >= 0.3 is 6.03 Å². The Bertz CT molecular complexity index is 1040. The molecule has 3 aromatic carbocycles. The topological polar surface area (TPSA) is 42.0 Å². The van der Waals surface area contributed by atoms with E-state index in [0.717, 1.165) is 16.1 Å². The van der Waals surface area contributed by atoms with Crippen LogP contribution in [-0.4, -0.2) is 20.3 Å². The average Bonchev–Trinajstić information content (AvgIpc) is 2.76. The molecule has 0 saturated carbocycles. The molecule has 5 nitrogen and oxygen atoms in total. The van der Waals surface area contributed by atoms with E-state index in [2.05, 4.69) is 0 Å². The summed E-state index contributed by atoms with van der Waals surface area (Å²) in [5, 5.41) is 0.630. The normalized spacial score (nSPS) is 13.3. The number of urea groups is 1. The zero-order valence-corrected chi connectivity index (χ0v) is 17.5. The van der Waals surface area contributed by atoms with Gasteiger partial charge in [0.1, 0.15) is 11.5 Å². The molecule has 0 aliphatic carbocycles. The third-order valence-corrected chi connectivity index (χ3v) is 6.07. The minimum atomic E-state index is -0.163. The molecule has 29 heavy (non-hydrogen) atoms. The number of carbonyl (C=O) groups excluding carboxylic acids is 1. The molecule has 4 rings (SSSR count). The van der Waals surface area contributed by atoms with Crippen LogP contribution < -0.4 is 18.7 Å². The second-order valence-corrected chi connectivity index (χ2v) is 7.78. The molecule has 0 aromatic heterocycles. The molecule has 0 saturated heterocycles. The summed E-state index contributed by atoms with van der Waals surface area (Å²) in [6, 6.07) is 20.6. The minimum absolute atomic E-state index is 0.163.